The highest BCUT2D eigenvalue weighted by molar-refractivity contribution is 6.28. The molecule has 0 saturated carbocycles. The summed E-state index contributed by atoms with van der Waals surface area (Å²) in [5.74, 6) is 0.825. The topological polar surface area (TPSA) is 91.4 Å². The maximum absolute atomic E-state index is 12.9. The van der Waals surface area contributed by atoms with Crippen LogP contribution < -0.4 is 0 Å². The lowest BCUT2D eigenvalue weighted by atomic mass is 9.78. The maximum Gasteiger partial charge on any atom is 0.242 e. The van der Waals surface area contributed by atoms with Gasteiger partial charge in [-0.1, -0.05) is 0 Å². The van der Waals surface area contributed by atoms with Gasteiger partial charge in [-0.15, -0.1) is 5.10 Å². The summed E-state index contributed by atoms with van der Waals surface area (Å²) in [7, 11) is 1.64. The van der Waals surface area contributed by atoms with Crippen LogP contribution in [0.2, 0.25) is 5.28 Å². The molecule has 8 nitrogen and oxygen atoms in total. The molecule has 3 rings (SSSR count). The number of rotatable bonds is 6. The van der Waals surface area contributed by atoms with Crippen molar-refractivity contribution in [3.63, 3.8) is 0 Å². The van der Waals surface area contributed by atoms with Gasteiger partial charge in [0.25, 0.3) is 0 Å². The molecule has 1 spiro atoms. The van der Waals surface area contributed by atoms with Crippen LogP contribution >= 0.6 is 11.6 Å². The lowest BCUT2D eigenvalue weighted by Crippen LogP contribution is -2.51. The van der Waals surface area contributed by atoms with Gasteiger partial charge in [-0.2, -0.15) is 0 Å². The first kappa shape index (κ1) is 18.1. The standard InChI is InChI=1S/C16H24ClN5O3/c1-25-10-9-21-7-2-5-16(14(21)24)6-8-22(11-16)13(23)4-3-12-18-15(17)20-19-12/h2-11H2,1H3,(H,18,19,20)/t16-/m1/s1. The molecule has 0 aliphatic carbocycles. The molecule has 0 bridgehead atoms. The van der Waals surface area contributed by atoms with E-state index in [1.807, 2.05) is 9.80 Å². The summed E-state index contributed by atoms with van der Waals surface area (Å²) in [4.78, 5) is 33.1. The highest BCUT2D eigenvalue weighted by Crippen LogP contribution is 2.40. The Hall–Kier alpha value is -1.67. The third-order valence-corrected chi connectivity index (χ3v) is 5.35. The molecule has 3 heterocycles. The molecule has 1 atom stereocenters. The highest BCUT2D eigenvalue weighted by Gasteiger charge is 2.49. The fraction of sp³-hybridized carbons (Fsp3) is 0.750. The van der Waals surface area contributed by atoms with E-state index in [0.29, 0.717) is 44.9 Å². The molecule has 0 radical (unpaired) electrons. The number of hydrogen-bond acceptors (Lipinski definition) is 5. The lowest BCUT2D eigenvalue weighted by molar-refractivity contribution is -0.146. The number of piperidine rings is 1. The van der Waals surface area contributed by atoms with Crippen molar-refractivity contribution in [1.82, 2.24) is 25.0 Å². The molecule has 0 aromatic carbocycles. The van der Waals surface area contributed by atoms with E-state index in [2.05, 4.69) is 15.2 Å². The van der Waals surface area contributed by atoms with Crippen LogP contribution in [0, 0.1) is 5.41 Å². The maximum atomic E-state index is 12.9. The summed E-state index contributed by atoms with van der Waals surface area (Å²) in [6.45, 7) is 3.11. The monoisotopic (exact) mass is 369 g/mol. The summed E-state index contributed by atoms with van der Waals surface area (Å²) in [6, 6.07) is 0. The van der Waals surface area contributed by atoms with Crippen molar-refractivity contribution in [3.8, 4) is 0 Å². The van der Waals surface area contributed by atoms with E-state index in [1.165, 1.54) is 0 Å². The zero-order valence-corrected chi connectivity index (χ0v) is 15.2. The normalized spacial score (nSPS) is 23.7. The zero-order valence-electron chi connectivity index (χ0n) is 14.5. The van der Waals surface area contributed by atoms with Gasteiger partial charge in [0.1, 0.15) is 5.82 Å². The van der Waals surface area contributed by atoms with Crippen LogP contribution in [0.5, 0.6) is 0 Å². The van der Waals surface area contributed by atoms with Crippen LogP contribution in [0.15, 0.2) is 0 Å². The summed E-state index contributed by atoms with van der Waals surface area (Å²) < 4.78 is 5.10. The zero-order chi connectivity index (χ0) is 17.9. The van der Waals surface area contributed by atoms with Crippen LogP contribution in [-0.2, 0) is 20.7 Å². The molecule has 1 aromatic heterocycles. The molecule has 2 aliphatic heterocycles. The summed E-state index contributed by atoms with van der Waals surface area (Å²) in [5.41, 5.74) is -0.406. The van der Waals surface area contributed by atoms with Crippen LogP contribution in [-0.4, -0.2) is 76.7 Å². The van der Waals surface area contributed by atoms with Gasteiger partial charge >= 0.3 is 0 Å². The fourth-order valence-electron chi connectivity index (χ4n) is 3.80. The second kappa shape index (κ2) is 7.70. The Morgan fingerprint density at radius 3 is 2.96 bits per heavy atom. The minimum atomic E-state index is -0.406. The average molecular weight is 370 g/mol. The second-order valence-electron chi connectivity index (χ2n) is 6.79. The first-order chi connectivity index (χ1) is 12.0. The molecule has 2 fully saturated rings. The largest absolute Gasteiger partial charge is 0.383 e. The molecule has 25 heavy (non-hydrogen) atoms. The minimum absolute atomic E-state index is 0.0474. The van der Waals surface area contributed by atoms with E-state index >= 15 is 0 Å². The third kappa shape index (κ3) is 3.95. The van der Waals surface area contributed by atoms with Crippen LogP contribution in [0.4, 0.5) is 0 Å². The number of amides is 2. The number of hydrogen-bond donors (Lipinski definition) is 1. The van der Waals surface area contributed by atoms with E-state index in [4.69, 9.17) is 16.3 Å². The number of ether oxygens (including phenoxy) is 1. The van der Waals surface area contributed by atoms with Crippen molar-refractivity contribution in [3.05, 3.63) is 11.1 Å². The van der Waals surface area contributed by atoms with E-state index < -0.39 is 5.41 Å². The lowest BCUT2D eigenvalue weighted by Gasteiger charge is -2.39. The van der Waals surface area contributed by atoms with Crippen molar-refractivity contribution < 1.29 is 14.3 Å². The number of likely N-dealkylation sites (tertiary alicyclic amines) is 2. The van der Waals surface area contributed by atoms with Gasteiger partial charge in [-0.3, -0.25) is 14.7 Å². The van der Waals surface area contributed by atoms with Crippen LogP contribution in [0.3, 0.4) is 0 Å². The first-order valence-corrected chi connectivity index (χ1v) is 9.05. The molecule has 2 aliphatic rings. The number of H-pyrrole nitrogens is 1. The number of halogens is 1. The number of methoxy groups -OCH3 is 1. The van der Waals surface area contributed by atoms with Crippen molar-refractivity contribution in [2.24, 2.45) is 5.41 Å². The Bertz CT molecular complexity index is 637. The fourth-order valence-corrected chi connectivity index (χ4v) is 3.94. The molecule has 1 aromatic rings. The number of aryl methyl sites for hydroxylation is 1. The Balaban J connectivity index is 1.56. The number of nitrogens with zero attached hydrogens (tertiary/aromatic N) is 4. The van der Waals surface area contributed by atoms with E-state index in [0.717, 1.165) is 25.8 Å². The molecule has 2 saturated heterocycles. The molecule has 0 unspecified atom stereocenters. The van der Waals surface area contributed by atoms with Gasteiger partial charge in [0, 0.05) is 46.1 Å². The minimum Gasteiger partial charge on any atom is -0.383 e. The molecule has 138 valence electrons. The Morgan fingerprint density at radius 2 is 2.24 bits per heavy atom. The molecular formula is C16H24ClN5O3. The van der Waals surface area contributed by atoms with Gasteiger partial charge in [0.05, 0.1) is 12.0 Å². The van der Waals surface area contributed by atoms with Crippen LogP contribution in [0.25, 0.3) is 0 Å². The number of aromatic nitrogens is 3. The number of nitrogens with one attached hydrogen (secondary N) is 1. The van der Waals surface area contributed by atoms with Crippen molar-refractivity contribution in [1.29, 1.82) is 0 Å². The van der Waals surface area contributed by atoms with E-state index in [9.17, 15) is 9.59 Å². The summed E-state index contributed by atoms with van der Waals surface area (Å²) in [5, 5.41) is 6.61. The van der Waals surface area contributed by atoms with Gasteiger partial charge in [-0.05, 0) is 30.9 Å². The van der Waals surface area contributed by atoms with Gasteiger partial charge in [-0.25, -0.2) is 4.98 Å². The van der Waals surface area contributed by atoms with Gasteiger partial charge in [0.2, 0.25) is 17.1 Å². The quantitative estimate of drug-likeness (QED) is 0.803. The summed E-state index contributed by atoms with van der Waals surface area (Å²) in [6.07, 6.45) is 3.39. The molecule has 9 heteroatoms. The Kier molecular flexibility index (Phi) is 5.58. The Labute approximate surface area is 151 Å². The second-order valence-corrected chi connectivity index (χ2v) is 7.12. The van der Waals surface area contributed by atoms with Crippen molar-refractivity contribution in [2.45, 2.75) is 32.1 Å². The number of carbonyl (C=O) groups is 2. The predicted molar refractivity (Wildman–Crippen MR) is 91.0 cm³/mol. The van der Waals surface area contributed by atoms with Crippen molar-refractivity contribution >= 4 is 23.4 Å². The number of aromatic amines is 1. The molecular weight excluding hydrogens is 346 g/mol. The number of carbonyl (C=O) groups excluding carboxylic acids is 2. The SMILES string of the molecule is COCCN1CCC[C@]2(CCN(C(=O)CCc3nc(Cl)n[nH]3)C2)C1=O. The highest BCUT2D eigenvalue weighted by atomic mass is 35.5. The van der Waals surface area contributed by atoms with E-state index in [-0.39, 0.29) is 17.1 Å². The van der Waals surface area contributed by atoms with Crippen LogP contribution in [0.1, 0.15) is 31.5 Å². The molecule has 2 amide bonds. The Morgan fingerprint density at radius 1 is 1.40 bits per heavy atom. The average Bonchev–Trinajstić information content (AvgIpc) is 3.21. The van der Waals surface area contributed by atoms with Gasteiger partial charge in [0.15, 0.2) is 0 Å². The third-order valence-electron chi connectivity index (χ3n) is 5.18. The predicted octanol–water partition coefficient (Wildman–Crippen LogP) is 0.878. The smallest absolute Gasteiger partial charge is 0.242 e. The van der Waals surface area contributed by atoms with Gasteiger partial charge < -0.3 is 14.5 Å². The van der Waals surface area contributed by atoms with Crippen molar-refractivity contribution in [2.75, 3.05) is 39.9 Å². The molecule has 1 N–H and O–H groups in total. The van der Waals surface area contributed by atoms with E-state index in [1.54, 1.807) is 7.11 Å². The first-order valence-electron chi connectivity index (χ1n) is 8.67. The summed E-state index contributed by atoms with van der Waals surface area (Å²) >= 11 is 5.67.